The van der Waals surface area contributed by atoms with Crippen LogP contribution in [0.4, 0.5) is 0 Å². The maximum absolute atomic E-state index is 12.0. The fourth-order valence-electron chi connectivity index (χ4n) is 2.04. The first-order valence-electron chi connectivity index (χ1n) is 7.22. The molecule has 0 amide bonds. The van der Waals surface area contributed by atoms with E-state index < -0.39 is 5.97 Å². The van der Waals surface area contributed by atoms with Gasteiger partial charge in [-0.05, 0) is 43.3 Å². The SMILES string of the molecule is CCOc1ccc(-c2csc(OC(=O)c3ccccc3)n2)cc1. The molecule has 1 aromatic heterocycles. The van der Waals surface area contributed by atoms with Crippen LogP contribution in [-0.4, -0.2) is 17.6 Å². The van der Waals surface area contributed by atoms with Crippen molar-refractivity contribution in [2.45, 2.75) is 6.92 Å². The van der Waals surface area contributed by atoms with E-state index in [1.165, 1.54) is 11.3 Å². The van der Waals surface area contributed by atoms with E-state index in [1.807, 2.05) is 42.6 Å². The summed E-state index contributed by atoms with van der Waals surface area (Å²) in [4.78, 5) is 16.4. The maximum atomic E-state index is 12.0. The minimum Gasteiger partial charge on any atom is -0.494 e. The average Bonchev–Trinajstić information content (AvgIpc) is 3.05. The van der Waals surface area contributed by atoms with Gasteiger partial charge >= 0.3 is 5.97 Å². The highest BCUT2D eigenvalue weighted by molar-refractivity contribution is 7.11. The molecule has 0 saturated carbocycles. The molecule has 4 nitrogen and oxygen atoms in total. The quantitative estimate of drug-likeness (QED) is 0.651. The highest BCUT2D eigenvalue weighted by Crippen LogP contribution is 2.28. The molecule has 3 rings (SSSR count). The van der Waals surface area contributed by atoms with Crippen LogP contribution in [0.2, 0.25) is 0 Å². The molecule has 0 aliphatic carbocycles. The summed E-state index contributed by atoms with van der Waals surface area (Å²) in [6.45, 7) is 2.58. The second-order valence-corrected chi connectivity index (χ2v) is 5.53. The molecule has 0 fully saturated rings. The molecule has 0 radical (unpaired) electrons. The Hall–Kier alpha value is -2.66. The summed E-state index contributed by atoms with van der Waals surface area (Å²) < 4.78 is 10.7. The Bertz CT molecular complexity index is 782. The Balaban J connectivity index is 1.71. The lowest BCUT2D eigenvalue weighted by molar-refractivity contribution is 0.0734. The summed E-state index contributed by atoms with van der Waals surface area (Å²) in [5.41, 5.74) is 2.23. The highest BCUT2D eigenvalue weighted by atomic mass is 32.1. The zero-order valence-electron chi connectivity index (χ0n) is 12.6. The molecule has 116 valence electrons. The number of carbonyl (C=O) groups excluding carboxylic acids is 1. The number of nitrogens with zero attached hydrogens (tertiary/aromatic N) is 1. The maximum Gasteiger partial charge on any atom is 0.345 e. The first-order chi connectivity index (χ1) is 11.3. The monoisotopic (exact) mass is 325 g/mol. The van der Waals surface area contributed by atoms with E-state index in [4.69, 9.17) is 9.47 Å². The van der Waals surface area contributed by atoms with Gasteiger partial charge in [0.1, 0.15) is 5.75 Å². The minimum atomic E-state index is -0.404. The molecule has 0 bridgehead atoms. The van der Waals surface area contributed by atoms with E-state index in [0.29, 0.717) is 17.4 Å². The summed E-state index contributed by atoms with van der Waals surface area (Å²) in [6.07, 6.45) is 0. The van der Waals surface area contributed by atoms with Crippen LogP contribution >= 0.6 is 11.3 Å². The third kappa shape index (κ3) is 3.76. The topological polar surface area (TPSA) is 48.4 Å². The van der Waals surface area contributed by atoms with Crippen LogP contribution in [0.5, 0.6) is 10.9 Å². The second-order valence-electron chi connectivity index (χ2n) is 4.71. The van der Waals surface area contributed by atoms with Crippen LogP contribution in [0.3, 0.4) is 0 Å². The van der Waals surface area contributed by atoms with Gasteiger partial charge in [0.15, 0.2) is 0 Å². The van der Waals surface area contributed by atoms with Crippen LogP contribution in [-0.2, 0) is 0 Å². The normalized spacial score (nSPS) is 10.3. The van der Waals surface area contributed by atoms with Gasteiger partial charge in [-0.15, -0.1) is 0 Å². The molecule has 0 aliphatic heterocycles. The highest BCUT2D eigenvalue weighted by Gasteiger charge is 2.12. The van der Waals surface area contributed by atoms with Gasteiger partial charge in [0.05, 0.1) is 17.9 Å². The minimum absolute atomic E-state index is 0.336. The van der Waals surface area contributed by atoms with Crippen LogP contribution < -0.4 is 9.47 Å². The van der Waals surface area contributed by atoms with Gasteiger partial charge < -0.3 is 9.47 Å². The van der Waals surface area contributed by atoms with E-state index >= 15 is 0 Å². The summed E-state index contributed by atoms with van der Waals surface area (Å²) in [5.74, 6) is 0.417. The second kappa shape index (κ2) is 7.07. The van der Waals surface area contributed by atoms with Crippen molar-refractivity contribution in [1.29, 1.82) is 0 Å². The standard InChI is InChI=1S/C18H15NO3S/c1-2-21-15-10-8-13(9-11-15)16-12-23-18(19-16)22-17(20)14-6-4-3-5-7-14/h3-12H,2H2,1H3. The van der Waals surface area contributed by atoms with Crippen LogP contribution in [0.15, 0.2) is 60.0 Å². The third-order valence-electron chi connectivity index (χ3n) is 3.13. The van der Waals surface area contributed by atoms with Gasteiger partial charge in [-0.2, -0.15) is 0 Å². The van der Waals surface area contributed by atoms with Crippen LogP contribution in [0, 0.1) is 0 Å². The number of aromatic nitrogens is 1. The van der Waals surface area contributed by atoms with Gasteiger partial charge in [-0.1, -0.05) is 29.5 Å². The van der Waals surface area contributed by atoms with Crippen LogP contribution in [0.1, 0.15) is 17.3 Å². The van der Waals surface area contributed by atoms with E-state index in [2.05, 4.69) is 4.98 Å². The lowest BCUT2D eigenvalue weighted by Gasteiger charge is -2.03. The first kappa shape index (κ1) is 15.2. The number of benzene rings is 2. The molecule has 0 unspecified atom stereocenters. The molecule has 23 heavy (non-hydrogen) atoms. The first-order valence-corrected chi connectivity index (χ1v) is 8.10. The van der Waals surface area contributed by atoms with E-state index in [0.717, 1.165) is 17.0 Å². The molecular weight excluding hydrogens is 310 g/mol. The van der Waals surface area contributed by atoms with E-state index in [9.17, 15) is 4.79 Å². The Kier molecular flexibility index (Phi) is 4.68. The van der Waals surface area contributed by atoms with Gasteiger partial charge in [-0.3, -0.25) is 0 Å². The van der Waals surface area contributed by atoms with Crippen molar-refractivity contribution in [3.8, 4) is 22.2 Å². The van der Waals surface area contributed by atoms with Crippen molar-refractivity contribution in [2.24, 2.45) is 0 Å². The van der Waals surface area contributed by atoms with E-state index in [1.54, 1.807) is 24.3 Å². The summed E-state index contributed by atoms with van der Waals surface area (Å²) in [7, 11) is 0. The molecule has 0 saturated heterocycles. The molecule has 0 N–H and O–H groups in total. The number of hydrogen-bond acceptors (Lipinski definition) is 5. The van der Waals surface area contributed by atoms with Crippen molar-refractivity contribution in [2.75, 3.05) is 6.61 Å². The average molecular weight is 325 g/mol. The van der Waals surface area contributed by atoms with Gasteiger partial charge in [0.2, 0.25) is 0 Å². The number of rotatable bonds is 5. The number of ether oxygens (including phenoxy) is 2. The lowest BCUT2D eigenvalue weighted by Crippen LogP contribution is -2.07. The molecule has 1 heterocycles. The Morgan fingerprint density at radius 2 is 1.83 bits per heavy atom. The van der Waals surface area contributed by atoms with Gasteiger partial charge in [0, 0.05) is 10.9 Å². The van der Waals surface area contributed by atoms with Gasteiger partial charge in [0.25, 0.3) is 5.19 Å². The Morgan fingerprint density at radius 3 is 2.52 bits per heavy atom. The predicted molar refractivity (Wildman–Crippen MR) is 90.1 cm³/mol. The molecule has 5 heteroatoms. The van der Waals surface area contributed by atoms with E-state index in [-0.39, 0.29) is 0 Å². The fraction of sp³-hybridized carbons (Fsp3) is 0.111. The Morgan fingerprint density at radius 1 is 1.09 bits per heavy atom. The van der Waals surface area contributed by atoms with Crippen molar-refractivity contribution < 1.29 is 14.3 Å². The fourth-order valence-corrected chi connectivity index (χ4v) is 2.71. The zero-order valence-corrected chi connectivity index (χ0v) is 13.4. The van der Waals surface area contributed by atoms with Crippen molar-refractivity contribution in [3.63, 3.8) is 0 Å². The molecular formula is C18H15NO3S. The third-order valence-corrected chi connectivity index (χ3v) is 3.85. The molecule has 0 spiro atoms. The van der Waals surface area contributed by atoms with Crippen LogP contribution in [0.25, 0.3) is 11.3 Å². The van der Waals surface area contributed by atoms with Crippen molar-refractivity contribution in [3.05, 3.63) is 65.5 Å². The molecule has 0 aliphatic rings. The Labute approximate surface area is 138 Å². The summed E-state index contributed by atoms with van der Waals surface area (Å²) in [6, 6.07) is 16.5. The molecule has 3 aromatic rings. The predicted octanol–water partition coefficient (Wildman–Crippen LogP) is 4.43. The number of hydrogen-bond donors (Lipinski definition) is 0. The summed E-state index contributed by atoms with van der Waals surface area (Å²) >= 11 is 1.30. The van der Waals surface area contributed by atoms with Gasteiger partial charge in [-0.25, -0.2) is 9.78 Å². The molecule has 2 aromatic carbocycles. The number of thiazole rings is 1. The van der Waals surface area contributed by atoms with Crippen molar-refractivity contribution >= 4 is 17.3 Å². The zero-order chi connectivity index (χ0) is 16.1. The smallest absolute Gasteiger partial charge is 0.345 e. The van der Waals surface area contributed by atoms with Crippen molar-refractivity contribution in [1.82, 2.24) is 4.98 Å². The number of esters is 1. The molecule has 0 atom stereocenters. The lowest BCUT2D eigenvalue weighted by atomic mass is 10.2. The largest absolute Gasteiger partial charge is 0.494 e. The number of carbonyl (C=O) groups is 1. The summed E-state index contributed by atoms with van der Waals surface area (Å²) in [5, 5.41) is 2.20.